The summed E-state index contributed by atoms with van der Waals surface area (Å²) >= 11 is 0. The van der Waals surface area contributed by atoms with Crippen molar-refractivity contribution in [3.63, 3.8) is 0 Å². The zero-order chi connectivity index (χ0) is 18.8. The average molecular weight is 367 g/mol. The molecule has 7 nitrogen and oxygen atoms in total. The number of guanidine groups is 1. The monoisotopic (exact) mass is 367 g/mol. The zero-order valence-corrected chi connectivity index (χ0v) is 14.2. The SMILES string of the molecule is CCNC(=NCc1ccccn1)NCCNc1nccc(C(F)(F)F)n1. The van der Waals surface area contributed by atoms with Gasteiger partial charge in [-0.25, -0.2) is 15.0 Å². The van der Waals surface area contributed by atoms with E-state index >= 15 is 0 Å². The number of nitrogens with one attached hydrogen (secondary N) is 3. The summed E-state index contributed by atoms with van der Waals surface area (Å²) in [5, 5.41) is 8.91. The van der Waals surface area contributed by atoms with Crippen LogP contribution in [0.1, 0.15) is 18.3 Å². The number of aliphatic imine (C=N–C) groups is 1. The molecule has 0 fully saturated rings. The predicted molar refractivity (Wildman–Crippen MR) is 92.6 cm³/mol. The first-order chi connectivity index (χ1) is 12.5. The Morgan fingerprint density at radius 2 is 1.92 bits per heavy atom. The number of pyridine rings is 1. The maximum atomic E-state index is 12.6. The molecule has 2 aromatic heterocycles. The third-order valence-corrected chi connectivity index (χ3v) is 3.12. The Labute approximate surface area is 149 Å². The third-order valence-electron chi connectivity index (χ3n) is 3.12. The molecule has 0 atom stereocenters. The van der Waals surface area contributed by atoms with E-state index in [4.69, 9.17) is 0 Å². The molecule has 2 aromatic rings. The Morgan fingerprint density at radius 3 is 2.62 bits per heavy atom. The van der Waals surface area contributed by atoms with Crippen LogP contribution in [0, 0.1) is 0 Å². The molecule has 2 rings (SSSR count). The average Bonchev–Trinajstić information content (AvgIpc) is 2.63. The van der Waals surface area contributed by atoms with Crippen LogP contribution in [0.5, 0.6) is 0 Å². The van der Waals surface area contributed by atoms with Gasteiger partial charge < -0.3 is 16.0 Å². The highest BCUT2D eigenvalue weighted by Crippen LogP contribution is 2.27. The molecule has 0 radical (unpaired) electrons. The minimum Gasteiger partial charge on any atom is -0.357 e. The molecule has 0 bridgehead atoms. The fourth-order valence-corrected chi connectivity index (χ4v) is 1.95. The molecule has 0 aliphatic carbocycles. The van der Waals surface area contributed by atoms with Crippen molar-refractivity contribution in [1.29, 1.82) is 0 Å². The summed E-state index contributed by atoms with van der Waals surface area (Å²) in [5.74, 6) is 0.516. The topological polar surface area (TPSA) is 87.1 Å². The summed E-state index contributed by atoms with van der Waals surface area (Å²) in [6.45, 7) is 3.79. The minimum atomic E-state index is -4.49. The molecular weight excluding hydrogens is 347 g/mol. The van der Waals surface area contributed by atoms with Crippen LogP contribution in [0.25, 0.3) is 0 Å². The summed E-state index contributed by atoms with van der Waals surface area (Å²) < 4.78 is 37.8. The number of hydrogen-bond acceptors (Lipinski definition) is 5. The first-order valence-electron chi connectivity index (χ1n) is 8.05. The van der Waals surface area contributed by atoms with Gasteiger partial charge in [0.1, 0.15) is 5.69 Å². The maximum Gasteiger partial charge on any atom is 0.433 e. The molecule has 0 aromatic carbocycles. The van der Waals surface area contributed by atoms with Gasteiger partial charge in [0.2, 0.25) is 5.95 Å². The van der Waals surface area contributed by atoms with Gasteiger partial charge in [-0.3, -0.25) is 4.98 Å². The van der Waals surface area contributed by atoms with E-state index in [2.05, 4.69) is 35.9 Å². The summed E-state index contributed by atoms with van der Waals surface area (Å²) in [4.78, 5) is 15.8. The lowest BCUT2D eigenvalue weighted by atomic mass is 10.3. The molecule has 26 heavy (non-hydrogen) atoms. The van der Waals surface area contributed by atoms with Gasteiger partial charge in [-0.1, -0.05) is 6.07 Å². The normalized spacial score (nSPS) is 11.9. The van der Waals surface area contributed by atoms with Crippen LogP contribution in [0.3, 0.4) is 0 Å². The van der Waals surface area contributed by atoms with Crippen LogP contribution < -0.4 is 16.0 Å². The highest BCUT2D eigenvalue weighted by molar-refractivity contribution is 5.79. The summed E-state index contributed by atoms with van der Waals surface area (Å²) in [7, 11) is 0. The lowest BCUT2D eigenvalue weighted by Crippen LogP contribution is -2.39. The smallest absolute Gasteiger partial charge is 0.357 e. The maximum absolute atomic E-state index is 12.6. The van der Waals surface area contributed by atoms with Gasteiger partial charge in [-0.2, -0.15) is 13.2 Å². The second-order valence-electron chi connectivity index (χ2n) is 5.13. The van der Waals surface area contributed by atoms with E-state index in [9.17, 15) is 13.2 Å². The fourth-order valence-electron chi connectivity index (χ4n) is 1.95. The first-order valence-corrected chi connectivity index (χ1v) is 8.05. The largest absolute Gasteiger partial charge is 0.433 e. The second-order valence-corrected chi connectivity index (χ2v) is 5.13. The van der Waals surface area contributed by atoms with Crippen LogP contribution in [-0.2, 0) is 12.7 Å². The third kappa shape index (κ3) is 6.54. The van der Waals surface area contributed by atoms with E-state index in [1.165, 1.54) is 0 Å². The van der Waals surface area contributed by atoms with E-state index < -0.39 is 11.9 Å². The minimum absolute atomic E-state index is 0.0722. The molecule has 2 heterocycles. The standard InChI is InChI=1S/C16H20F3N7/c1-2-20-14(25-11-12-5-3-4-7-21-12)23-9-10-24-15-22-8-6-13(26-15)16(17,18)19/h3-8H,2,9-11H2,1H3,(H2,20,23,25)(H,22,24,26). The second kappa shape index (κ2) is 9.54. The Hall–Kier alpha value is -2.91. The Morgan fingerprint density at radius 1 is 1.08 bits per heavy atom. The number of rotatable bonds is 7. The van der Waals surface area contributed by atoms with E-state index in [0.717, 1.165) is 18.0 Å². The van der Waals surface area contributed by atoms with Crippen LogP contribution >= 0.6 is 0 Å². The van der Waals surface area contributed by atoms with Crippen molar-refractivity contribution in [3.05, 3.63) is 48.0 Å². The van der Waals surface area contributed by atoms with Crippen LogP contribution in [-0.4, -0.2) is 40.5 Å². The number of halogens is 3. The lowest BCUT2D eigenvalue weighted by molar-refractivity contribution is -0.141. The van der Waals surface area contributed by atoms with Gasteiger partial charge in [-0.15, -0.1) is 0 Å². The molecule has 0 spiro atoms. The van der Waals surface area contributed by atoms with Gasteiger partial charge in [0.25, 0.3) is 0 Å². The number of alkyl halides is 3. The highest BCUT2D eigenvalue weighted by Gasteiger charge is 2.32. The van der Waals surface area contributed by atoms with Gasteiger partial charge >= 0.3 is 6.18 Å². The zero-order valence-electron chi connectivity index (χ0n) is 14.2. The molecule has 0 amide bonds. The number of anilines is 1. The number of aromatic nitrogens is 3. The van der Waals surface area contributed by atoms with Gasteiger partial charge in [-0.05, 0) is 25.1 Å². The van der Waals surface area contributed by atoms with E-state index in [1.54, 1.807) is 6.20 Å². The number of hydrogen-bond donors (Lipinski definition) is 3. The van der Waals surface area contributed by atoms with Crippen molar-refractivity contribution >= 4 is 11.9 Å². The van der Waals surface area contributed by atoms with Crippen molar-refractivity contribution in [2.24, 2.45) is 4.99 Å². The highest BCUT2D eigenvalue weighted by atomic mass is 19.4. The van der Waals surface area contributed by atoms with E-state index in [-0.39, 0.29) is 5.95 Å². The quantitative estimate of drug-likeness (QED) is 0.395. The molecule has 0 aliphatic heterocycles. The Kier molecular flexibility index (Phi) is 7.12. The molecule has 0 unspecified atom stereocenters. The van der Waals surface area contributed by atoms with E-state index in [0.29, 0.717) is 32.1 Å². The molecule has 0 aliphatic rings. The van der Waals surface area contributed by atoms with E-state index in [1.807, 2.05) is 25.1 Å². The van der Waals surface area contributed by atoms with Crippen LogP contribution in [0.15, 0.2) is 41.7 Å². The van der Waals surface area contributed by atoms with Crippen LogP contribution in [0.2, 0.25) is 0 Å². The van der Waals surface area contributed by atoms with Gasteiger partial charge in [0.15, 0.2) is 5.96 Å². The van der Waals surface area contributed by atoms with Crippen molar-refractivity contribution in [3.8, 4) is 0 Å². The molecule has 140 valence electrons. The molecular formula is C16H20F3N7. The summed E-state index contributed by atoms with van der Waals surface area (Å²) in [5.41, 5.74) is -0.145. The lowest BCUT2D eigenvalue weighted by Gasteiger charge is -2.12. The van der Waals surface area contributed by atoms with Crippen LogP contribution in [0.4, 0.5) is 19.1 Å². The molecule has 10 heteroatoms. The fraction of sp³-hybridized carbons (Fsp3) is 0.375. The predicted octanol–water partition coefficient (Wildman–Crippen LogP) is 2.06. The van der Waals surface area contributed by atoms with Gasteiger partial charge in [0.05, 0.1) is 12.2 Å². The van der Waals surface area contributed by atoms with Gasteiger partial charge in [0, 0.05) is 32.0 Å². The first kappa shape index (κ1) is 19.4. The summed E-state index contributed by atoms with van der Waals surface area (Å²) in [6.07, 6.45) is -1.72. The van der Waals surface area contributed by atoms with Crippen molar-refractivity contribution in [1.82, 2.24) is 25.6 Å². The Bertz CT molecular complexity index is 704. The van der Waals surface area contributed by atoms with Crippen molar-refractivity contribution in [2.75, 3.05) is 25.0 Å². The number of nitrogens with zero attached hydrogens (tertiary/aromatic N) is 4. The molecule has 0 saturated carbocycles. The molecule has 3 N–H and O–H groups in total. The summed E-state index contributed by atoms with van der Waals surface area (Å²) in [6, 6.07) is 6.42. The Balaban J connectivity index is 1.82. The van der Waals surface area contributed by atoms with Crippen molar-refractivity contribution < 1.29 is 13.2 Å². The van der Waals surface area contributed by atoms with Crippen molar-refractivity contribution in [2.45, 2.75) is 19.6 Å². The molecule has 0 saturated heterocycles.